The Bertz CT molecular complexity index is 1250. The van der Waals surface area contributed by atoms with Gasteiger partial charge in [0, 0.05) is 12.6 Å². The van der Waals surface area contributed by atoms with Crippen LogP contribution >= 0.6 is 0 Å². The summed E-state index contributed by atoms with van der Waals surface area (Å²) in [6.45, 7) is 5.94. The largest absolute Gasteiger partial charge is 0.344 e. The molecule has 0 unspecified atom stereocenters. The molecule has 1 aliphatic rings. The Balaban J connectivity index is 1.81. The molecule has 0 radical (unpaired) electrons. The maximum absolute atomic E-state index is 14.7. The van der Waals surface area contributed by atoms with Crippen molar-refractivity contribution in [3.8, 4) is 0 Å². The van der Waals surface area contributed by atoms with E-state index in [0.717, 1.165) is 24.0 Å². The fourth-order valence-corrected chi connectivity index (χ4v) is 5.44. The van der Waals surface area contributed by atoms with Crippen molar-refractivity contribution in [3.63, 3.8) is 0 Å². The Morgan fingerprint density at radius 1 is 0.921 bits per heavy atom. The van der Waals surface area contributed by atoms with Gasteiger partial charge < -0.3 is 10.2 Å². The van der Waals surface area contributed by atoms with Crippen molar-refractivity contribution in [2.24, 2.45) is 5.41 Å². The average Bonchev–Trinajstić information content (AvgIpc) is 3.19. The molecule has 6 heteroatoms. The predicted octanol–water partition coefficient (Wildman–Crippen LogP) is 6.38. The van der Waals surface area contributed by atoms with E-state index < -0.39 is 17.5 Å². The van der Waals surface area contributed by atoms with Crippen molar-refractivity contribution in [1.29, 1.82) is 0 Å². The second kappa shape index (κ2) is 11.6. The van der Waals surface area contributed by atoms with Gasteiger partial charge in [-0.3, -0.25) is 14.5 Å². The van der Waals surface area contributed by atoms with E-state index in [2.05, 4.69) is 12.2 Å². The van der Waals surface area contributed by atoms with Crippen LogP contribution in [0.4, 0.5) is 4.79 Å². The second-order valence-electron chi connectivity index (χ2n) is 10.4. The van der Waals surface area contributed by atoms with Crippen LogP contribution in [0.1, 0.15) is 73.6 Å². The summed E-state index contributed by atoms with van der Waals surface area (Å²) >= 11 is 0. The molecular formula is C32H37N3O3. The van der Waals surface area contributed by atoms with Gasteiger partial charge in [-0.15, -0.1) is 0 Å². The third kappa shape index (κ3) is 5.21. The minimum atomic E-state index is -1.07. The predicted molar refractivity (Wildman–Crippen MR) is 149 cm³/mol. The lowest BCUT2D eigenvalue weighted by Crippen LogP contribution is -2.52. The zero-order valence-electron chi connectivity index (χ0n) is 22.6. The van der Waals surface area contributed by atoms with Crippen molar-refractivity contribution in [3.05, 3.63) is 108 Å². The van der Waals surface area contributed by atoms with Crippen LogP contribution in [-0.4, -0.2) is 40.7 Å². The molecule has 4 rings (SSSR count). The normalized spacial score (nSPS) is 19.6. The number of urea groups is 1. The first-order chi connectivity index (χ1) is 18.3. The number of carbonyl (C=O) groups excluding carboxylic acids is 3. The van der Waals surface area contributed by atoms with Gasteiger partial charge in [-0.1, -0.05) is 98.6 Å². The van der Waals surface area contributed by atoms with E-state index in [1.165, 1.54) is 4.90 Å². The van der Waals surface area contributed by atoms with Gasteiger partial charge in [0.25, 0.3) is 5.91 Å². The van der Waals surface area contributed by atoms with E-state index in [9.17, 15) is 14.4 Å². The summed E-state index contributed by atoms with van der Waals surface area (Å²) in [6.07, 6.45) is 2.17. The minimum Gasteiger partial charge on any atom is -0.344 e. The number of likely N-dealkylation sites (N-methyl/N-ethyl adjacent to an activating group) is 1. The van der Waals surface area contributed by atoms with Crippen molar-refractivity contribution in [1.82, 2.24) is 15.1 Å². The zero-order chi connectivity index (χ0) is 27.3. The van der Waals surface area contributed by atoms with Crippen LogP contribution in [0.15, 0.2) is 91.0 Å². The van der Waals surface area contributed by atoms with E-state index >= 15 is 0 Å². The number of hydrogen-bond donors (Lipinski definition) is 1. The third-order valence-corrected chi connectivity index (χ3v) is 7.83. The van der Waals surface area contributed by atoms with Gasteiger partial charge in [-0.2, -0.15) is 0 Å². The number of amides is 4. The second-order valence-corrected chi connectivity index (χ2v) is 10.4. The lowest BCUT2D eigenvalue weighted by Gasteiger charge is -2.40. The van der Waals surface area contributed by atoms with Gasteiger partial charge >= 0.3 is 6.03 Å². The van der Waals surface area contributed by atoms with Crippen LogP contribution < -0.4 is 5.32 Å². The minimum absolute atomic E-state index is 0.196. The molecule has 1 heterocycles. The lowest BCUT2D eigenvalue weighted by molar-refractivity contribution is -0.141. The van der Waals surface area contributed by atoms with Crippen LogP contribution in [0.2, 0.25) is 0 Å². The Kier molecular flexibility index (Phi) is 8.30. The maximum atomic E-state index is 14.7. The molecule has 3 aromatic carbocycles. The summed E-state index contributed by atoms with van der Waals surface area (Å²) in [6, 6.07) is 26.7. The van der Waals surface area contributed by atoms with Gasteiger partial charge in [0.2, 0.25) is 5.91 Å². The Labute approximate surface area is 225 Å². The van der Waals surface area contributed by atoms with E-state index in [4.69, 9.17) is 0 Å². The molecular weight excluding hydrogens is 474 g/mol. The maximum Gasteiger partial charge on any atom is 0.327 e. The average molecular weight is 512 g/mol. The van der Waals surface area contributed by atoms with E-state index in [1.54, 1.807) is 24.1 Å². The highest BCUT2D eigenvalue weighted by Gasteiger charge is 2.53. The van der Waals surface area contributed by atoms with Gasteiger partial charge in [0.15, 0.2) is 0 Å². The number of hydrogen-bond acceptors (Lipinski definition) is 3. The highest BCUT2D eigenvalue weighted by Crippen LogP contribution is 2.45. The highest BCUT2D eigenvalue weighted by atomic mass is 16.2. The number of rotatable bonds is 9. The Hall–Kier alpha value is -3.93. The molecule has 38 heavy (non-hydrogen) atoms. The summed E-state index contributed by atoms with van der Waals surface area (Å²) < 4.78 is 0. The summed E-state index contributed by atoms with van der Waals surface area (Å²) in [5.41, 5.74) is 1.18. The molecule has 0 bridgehead atoms. The number of unbranched alkanes of at least 4 members (excludes halogenated alkanes) is 1. The topological polar surface area (TPSA) is 69.7 Å². The van der Waals surface area contributed by atoms with Crippen LogP contribution in [-0.2, 0) is 4.79 Å². The Morgan fingerprint density at radius 3 is 2.05 bits per heavy atom. The summed E-state index contributed by atoms with van der Waals surface area (Å²) in [5, 5.41) is 3.18. The van der Waals surface area contributed by atoms with Crippen molar-refractivity contribution < 1.29 is 14.4 Å². The van der Waals surface area contributed by atoms with E-state index in [1.807, 2.05) is 92.7 Å². The van der Waals surface area contributed by atoms with Crippen molar-refractivity contribution in [2.45, 2.75) is 58.2 Å². The molecule has 0 saturated carbocycles. The van der Waals surface area contributed by atoms with Gasteiger partial charge in [-0.05, 0) is 43.5 Å². The van der Waals surface area contributed by atoms with Crippen LogP contribution in [0.5, 0.6) is 0 Å². The van der Waals surface area contributed by atoms with E-state index in [-0.39, 0.29) is 23.9 Å². The smallest absolute Gasteiger partial charge is 0.327 e. The number of imide groups is 1. The molecule has 1 N–H and O–H groups in total. The summed E-state index contributed by atoms with van der Waals surface area (Å²) in [4.78, 5) is 44.8. The van der Waals surface area contributed by atoms with Gasteiger partial charge in [0.1, 0.15) is 0 Å². The van der Waals surface area contributed by atoms with E-state index in [0.29, 0.717) is 12.0 Å². The quantitative estimate of drug-likeness (QED) is 0.362. The molecule has 4 amide bonds. The fourth-order valence-electron chi connectivity index (χ4n) is 5.44. The molecule has 0 aromatic heterocycles. The molecule has 1 aliphatic heterocycles. The first-order valence-corrected chi connectivity index (χ1v) is 13.4. The molecule has 198 valence electrons. The van der Waals surface area contributed by atoms with Gasteiger partial charge in [0.05, 0.1) is 23.5 Å². The molecule has 3 aromatic rings. The molecule has 6 nitrogen and oxygen atoms in total. The monoisotopic (exact) mass is 511 g/mol. The summed E-state index contributed by atoms with van der Waals surface area (Å²) in [7, 11) is 1.74. The number of nitrogens with one attached hydrogen (secondary N) is 1. The van der Waals surface area contributed by atoms with Gasteiger partial charge in [-0.25, -0.2) is 4.79 Å². The lowest BCUT2D eigenvalue weighted by atomic mass is 9.73. The third-order valence-electron chi connectivity index (χ3n) is 7.83. The number of nitrogens with zero attached hydrogens (tertiary/aromatic N) is 2. The van der Waals surface area contributed by atoms with Crippen LogP contribution in [0, 0.1) is 5.41 Å². The number of benzene rings is 3. The zero-order valence-corrected chi connectivity index (χ0v) is 22.6. The summed E-state index contributed by atoms with van der Waals surface area (Å²) in [5.74, 6) is -0.531. The fraction of sp³-hybridized carbons (Fsp3) is 0.344. The molecule has 0 aliphatic carbocycles. The standard InChI is InChI=1S/C32H37N3O3/c1-5-6-22-32(3,28(25-18-12-8-13-19-25)33-29(36)26-20-14-9-15-21-26)30(37)35-27(23(2)34(4)31(35)38)24-16-10-7-11-17-24/h7-21,23,27-28H,5-6,22H2,1-4H3,(H,33,36)/t23-,27-,28+,32+/m0/s1. The van der Waals surface area contributed by atoms with Crippen LogP contribution in [0.25, 0.3) is 0 Å². The van der Waals surface area contributed by atoms with Crippen molar-refractivity contribution in [2.75, 3.05) is 7.05 Å². The molecule has 0 spiro atoms. The Morgan fingerprint density at radius 2 is 1.47 bits per heavy atom. The van der Waals surface area contributed by atoms with Crippen LogP contribution in [0.3, 0.4) is 0 Å². The van der Waals surface area contributed by atoms with Crippen molar-refractivity contribution >= 4 is 17.8 Å². The number of carbonyl (C=O) groups is 3. The first kappa shape index (κ1) is 27.1. The first-order valence-electron chi connectivity index (χ1n) is 13.4. The SMILES string of the molecule is CCCC[C@@](C)(C(=O)N1C(=O)N(C)[C@@H](C)[C@H]1c1ccccc1)[C@H](NC(=O)c1ccccc1)c1ccccc1. The molecule has 1 fully saturated rings. The molecule has 4 atom stereocenters. The highest BCUT2D eigenvalue weighted by molar-refractivity contribution is 6.01. The molecule has 1 saturated heterocycles.